The van der Waals surface area contributed by atoms with Crippen LogP contribution in [-0.2, 0) is 9.47 Å². The molecule has 1 saturated heterocycles. The monoisotopic (exact) mass is 279 g/mol. The number of hydrogen-bond acceptors (Lipinski definition) is 4. The zero-order valence-corrected chi connectivity index (χ0v) is 12.5. The maximum atomic E-state index is 5.90. The molecule has 112 valence electrons. The summed E-state index contributed by atoms with van der Waals surface area (Å²) in [6.45, 7) is 6.73. The Morgan fingerprint density at radius 2 is 2.25 bits per heavy atom. The van der Waals surface area contributed by atoms with E-state index in [1.165, 1.54) is 0 Å². The molecule has 2 heterocycles. The predicted octanol–water partition coefficient (Wildman–Crippen LogP) is 2.03. The van der Waals surface area contributed by atoms with Gasteiger partial charge in [0.05, 0.1) is 24.9 Å². The van der Waals surface area contributed by atoms with Crippen LogP contribution in [0.5, 0.6) is 0 Å². The summed E-state index contributed by atoms with van der Waals surface area (Å²) in [5.74, 6) is -0.366. The molecule has 2 fully saturated rings. The first kappa shape index (κ1) is 14.0. The van der Waals surface area contributed by atoms with E-state index in [4.69, 9.17) is 9.47 Å². The highest BCUT2D eigenvalue weighted by Crippen LogP contribution is 2.40. The van der Waals surface area contributed by atoms with Gasteiger partial charge in [-0.25, -0.2) is 0 Å². The van der Waals surface area contributed by atoms with Gasteiger partial charge in [-0.2, -0.15) is 5.10 Å². The molecule has 1 saturated carbocycles. The minimum Gasteiger partial charge on any atom is -0.347 e. The molecular formula is C15H25N3O2. The van der Waals surface area contributed by atoms with Crippen LogP contribution < -0.4 is 5.32 Å². The zero-order chi connectivity index (χ0) is 14.0. The summed E-state index contributed by atoms with van der Waals surface area (Å²) < 4.78 is 13.9. The molecule has 2 unspecified atom stereocenters. The van der Waals surface area contributed by atoms with E-state index in [-0.39, 0.29) is 5.79 Å². The molecule has 1 N–H and O–H groups in total. The van der Waals surface area contributed by atoms with E-state index in [0.29, 0.717) is 12.1 Å². The molecule has 5 nitrogen and oxygen atoms in total. The first-order valence-corrected chi connectivity index (χ1v) is 7.75. The van der Waals surface area contributed by atoms with Crippen LogP contribution in [0.15, 0.2) is 12.3 Å². The van der Waals surface area contributed by atoms with Gasteiger partial charge < -0.3 is 14.8 Å². The Labute approximate surface area is 120 Å². The molecule has 1 aliphatic carbocycles. The van der Waals surface area contributed by atoms with E-state index in [9.17, 15) is 0 Å². The number of ether oxygens (including phenoxy) is 2. The third-order valence-electron chi connectivity index (χ3n) is 4.37. The van der Waals surface area contributed by atoms with Crippen molar-refractivity contribution in [2.75, 3.05) is 19.8 Å². The van der Waals surface area contributed by atoms with Crippen LogP contribution in [0.3, 0.4) is 0 Å². The Hall–Kier alpha value is -0.910. The van der Waals surface area contributed by atoms with Gasteiger partial charge >= 0.3 is 0 Å². The summed E-state index contributed by atoms with van der Waals surface area (Å²) in [7, 11) is 0. The van der Waals surface area contributed by atoms with Crippen molar-refractivity contribution in [3.63, 3.8) is 0 Å². The predicted molar refractivity (Wildman–Crippen MR) is 76.6 cm³/mol. The van der Waals surface area contributed by atoms with Gasteiger partial charge in [0, 0.05) is 25.1 Å². The van der Waals surface area contributed by atoms with E-state index in [1.54, 1.807) is 0 Å². The number of nitrogens with zero attached hydrogens (tertiary/aromatic N) is 2. The lowest BCUT2D eigenvalue weighted by Crippen LogP contribution is -2.49. The normalized spacial score (nSPS) is 29.1. The summed E-state index contributed by atoms with van der Waals surface area (Å²) in [6.07, 6.45) is 6.16. The SMILES string of the molecule is CCCNC1CCC2(CC1n1ccc(C)n1)OCCO2. The maximum absolute atomic E-state index is 5.90. The summed E-state index contributed by atoms with van der Waals surface area (Å²) in [6, 6.07) is 2.82. The molecule has 3 rings (SSSR count). The van der Waals surface area contributed by atoms with Crippen molar-refractivity contribution in [1.82, 2.24) is 15.1 Å². The zero-order valence-electron chi connectivity index (χ0n) is 12.5. The highest BCUT2D eigenvalue weighted by Gasteiger charge is 2.45. The second-order valence-corrected chi connectivity index (χ2v) is 5.92. The summed E-state index contributed by atoms with van der Waals surface area (Å²) >= 11 is 0. The average Bonchev–Trinajstić information content (AvgIpc) is 3.07. The van der Waals surface area contributed by atoms with Crippen molar-refractivity contribution in [3.05, 3.63) is 18.0 Å². The van der Waals surface area contributed by atoms with Gasteiger partial charge in [-0.05, 0) is 32.4 Å². The lowest BCUT2D eigenvalue weighted by atomic mass is 9.85. The van der Waals surface area contributed by atoms with Crippen molar-refractivity contribution >= 4 is 0 Å². The van der Waals surface area contributed by atoms with Crippen LogP contribution in [0.25, 0.3) is 0 Å². The van der Waals surface area contributed by atoms with Crippen LogP contribution in [-0.4, -0.2) is 41.4 Å². The highest BCUT2D eigenvalue weighted by molar-refractivity contribution is 5.00. The minimum absolute atomic E-state index is 0.307. The standard InChI is InChI=1S/C15H25N3O2/c1-3-7-16-13-4-6-15(19-9-10-20-15)11-14(13)18-8-5-12(2)17-18/h5,8,13-14,16H,3-4,6-7,9-11H2,1-2H3. The first-order valence-electron chi connectivity index (χ1n) is 7.75. The number of aromatic nitrogens is 2. The fourth-order valence-electron chi connectivity index (χ4n) is 3.35. The number of aryl methyl sites for hydroxylation is 1. The van der Waals surface area contributed by atoms with Crippen molar-refractivity contribution in [2.24, 2.45) is 0 Å². The van der Waals surface area contributed by atoms with Gasteiger partial charge in [0.15, 0.2) is 5.79 Å². The largest absolute Gasteiger partial charge is 0.347 e. The highest BCUT2D eigenvalue weighted by atomic mass is 16.7. The molecule has 2 aliphatic rings. The van der Waals surface area contributed by atoms with Crippen molar-refractivity contribution in [2.45, 2.75) is 57.4 Å². The molecule has 20 heavy (non-hydrogen) atoms. The quantitative estimate of drug-likeness (QED) is 0.916. The van der Waals surface area contributed by atoms with Gasteiger partial charge in [-0.1, -0.05) is 6.92 Å². The first-order chi connectivity index (χ1) is 9.72. The maximum Gasteiger partial charge on any atom is 0.170 e. The van der Waals surface area contributed by atoms with E-state index < -0.39 is 0 Å². The fraction of sp³-hybridized carbons (Fsp3) is 0.800. The van der Waals surface area contributed by atoms with E-state index in [0.717, 1.165) is 51.1 Å². The van der Waals surface area contributed by atoms with Crippen LogP contribution >= 0.6 is 0 Å². The number of nitrogens with one attached hydrogen (secondary N) is 1. The van der Waals surface area contributed by atoms with Gasteiger partial charge in [0.25, 0.3) is 0 Å². The molecule has 1 aromatic rings. The molecule has 0 amide bonds. The van der Waals surface area contributed by atoms with E-state index in [1.807, 2.05) is 6.92 Å². The Balaban J connectivity index is 1.78. The van der Waals surface area contributed by atoms with Crippen LogP contribution in [0.2, 0.25) is 0 Å². The van der Waals surface area contributed by atoms with Crippen molar-refractivity contribution in [1.29, 1.82) is 0 Å². The molecule has 0 radical (unpaired) electrons. The van der Waals surface area contributed by atoms with Crippen LogP contribution in [0.4, 0.5) is 0 Å². The molecule has 0 aromatic carbocycles. The topological polar surface area (TPSA) is 48.3 Å². The van der Waals surface area contributed by atoms with Gasteiger partial charge in [0.2, 0.25) is 0 Å². The smallest absolute Gasteiger partial charge is 0.170 e. The van der Waals surface area contributed by atoms with Gasteiger partial charge in [-0.15, -0.1) is 0 Å². The number of hydrogen-bond donors (Lipinski definition) is 1. The Kier molecular flexibility index (Phi) is 4.10. The van der Waals surface area contributed by atoms with Crippen molar-refractivity contribution in [3.8, 4) is 0 Å². The summed E-state index contributed by atoms with van der Waals surface area (Å²) in [5.41, 5.74) is 1.06. The number of rotatable bonds is 4. The molecule has 1 aliphatic heterocycles. The molecule has 2 atom stereocenters. The lowest BCUT2D eigenvalue weighted by Gasteiger charge is -2.41. The average molecular weight is 279 g/mol. The lowest BCUT2D eigenvalue weighted by molar-refractivity contribution is -0.189. The fourth-order valence-corrected chi connectivity index (χ4v) is 3.35. The van der Waals surface area contributed by atoms with E-state index >= 15 is 0 Å². The molecular weight excluding hydrogens is 254 g/mol. The summed E-state index contributed by atoms with van der Waals surface area (Å²) in [4.78, 5) is 0. The second kappa shape index (κ2) is 5.84. The van der Waals surface area contributed by atoms with E-state index in [2.05, 4.69) is 34.3 Å². The van der Waals surface area contributed by atoms with Crippen LogP contribution in [0, 0.1) is 6.92 Å². The molecule has 1 spiro atoms. The molecule has 0 bridgehead atoms. The Bertz CT molecular complexity index is 440. The van der Waals surface area contributed by atoms with Crippen LogP contribution in [0.1, 0.15) is 44.3 Å². The Morgan fingerprint density at radius 3 is 2.90 bits per heavy atom. The summed E-state index contributed by atoms with van der Waals surface area (Å²) in [5, 5.41) is 8.28. The second-order valence-electron chi connectivity index (χ2n) is 5.92. The molecule has 5 heteroatoms. The molecule has 1 aromatic heterocycles. The van der Waals surface area contributed by atoms with Gasteiger partial charge in [0.1, 0.15) is 0 Å². The third kappa shape index (κ3) is 2.75. The Morgan fingerprint density at radius 1 is 1.45 bits per heavy atom. The minimum atomic E-state index is -0.366. The van der Waals surface area contributed by atoms with Gasteiger partial charge in [-0.3, -0.25) is 4.68 Å². The van der Waals surface area contributed by atoms with Crippen molar-refractivity contribution < 1.29 is 9.47 Å². The third-order valence-corrected chi connectivity index (χ3v) is 4.37.